The number of rotatable bonds is 5. The molecule has 0 aliphatic heterocycles. The quantitative estimate of drug-likeness (QED) is 0.395. The Hall–Kier alpha value is -1.27. The fraction of sp³-hybridized carbons (Fsp3) is 0.333. The van der Waals surface area contributed by atoms with Crippen LogP contribution in [0.5, 0.6) is 0 Å². The van der Waals surface area contributed by atoms with E-state index >= 15 is 0 Å². The van der Waals surface area contributed by atoms with Gasteiger partial charge in [-0.2, -0.15) is 0 Å². The standard InChI is InChI=1S/C12H14N2O2S2/c1-16-11(15)3-2-6-17-12-14-9-5-4-8(13)7-10(9)18-12/h4-5,7H,2-3,6,13H2,1H3. The molecule has 0 saturated heterocycles. The zero-order valence-electron chi connectivity index (χ0n) is 10.0. The Labute approximate surface area is 114 Å². The molecule has 0 aliphatic carbocycles. The van der Waals surface area contributed by atoms with Crippen LogP contribution in [0.2, 0.25) is 0 Å². The number of ether oxygens (including phenoxy) is 1. The van der Waals surface area contributed by atoms with Crippen LogP contribution in [0.4, 0.5) is 5.69 Å². The minimum atomic E-state index is -0.160. The minimum Gasteiger partial charge on any atom is -0.469 e. The number of fused-ring (bicyclic) bond motifs is 1. The molecule has 6 heteroatoms. The van der Waals surface area contributed by atoms with Crippen molar-refractivity contribution in [2.24, 2.45) is 0 Å². The molecule has 0 radical (unpaired) electrons. The summed E-state index contributed by atoms with van der Waals surface area (Å²) in [6.45, 7) is 0. The molecule has 1 aromatic carbocycles. The van der Waals surface area contributed by atoms with Crippen molar-refractivity contribution in [2.75, 3.05) is 18.6 Å². The van der Waals surface area contributed by atoms with Gasteiger partial charge in [0.2, 0.25) is 0 Å². The second-order valence-electron chi connectivity index (χ2n) is 3.74. The molecule has 0 bridgehead atoms. The molecule has 0 spiro atoms. The van der Waals surface area contributed by atoms with Gasteiger partial charge in [0.25, 0.3) is 0 Å². The molecule has 0 fully saturated rings. The van der Waals surface area contributed by atoms with E-state index in [2.05, 4.69) is 9.72 Å². The molecule has 2 aromatic rings. The number of aromatic nitrogens is 1. The van der Waals surface area contributed by atoms with Crippen LogP contribution in [0.1, 0.15) is 12.8 Å². The van der Waals surface area contributed by atoms with Crippen molar-refractivity contribution in [3.63, 3.8) is 0 Å². The van der Waals surface area contributed by atoms with Gasteiger partial charge in [0.1, 0.15) is 0 Å². The summed E-state index contributed by atoms with van der Waals surface area (Å²) < 4.78 is 6.71. The first-order valence-electron chi connectivity index (χ1n) is 5.55. The summed E-state index contributed by atoms with van der Waals surface area (Å²) >= 11 is 3.30. The van der Waals surface area contributed by atoms with Crippen molar-refractivity contribution in [2.45, 2.75) is 17.2 Å². The molecule has 18 heavy (non-hydrogen) atoms. The van der Waals surface area contributed by atoms with Crippen molar-refractivity contribution < 1.29 is 9.53 Å². The lowest BCUT2D eigenvalue weighted by atomic mass is 10.3. The van der Waals surface area contributed by atoms with Crippen molar-refractivity contribution in [3.8, 4) is 0 Å². The average Bonchev–Trinajstić information content (AvgIpc) is 2.76. The number of thioether (sulfide) groups is 1. The second kappa shape index (κ2) is 6.06. The monoisotopic (exact) mass is 282 g/mol. The fourth-order valence-corrected chi connectivity index (χ4v) is 3.59. The Bertz CT molecular complexity index is 554. The third kappa shape index (κ3) is 3.36. The number of nitrogen functional groups attached to an aromatic ring is 1. The molecule has 2 rings (SSSR count). The van der Waals surface area contributed by atoms with Crippen LogP contribution >= 0.6 is 23.1 Å². The van der Waals surface area contributed by atoms with E-state index < -0.39 is 0 Å². The highest BCUT2D eigenvalue weighted by Crippen LogP contribution is 2.31. The maximum atomic E-state index is 10.9. The predicted octanol–water partition coefficient (Wildman–Crippen LogP) is 2.92. The Morgan fingerprint density at radius 1 is 1.56 bits per heavy atom. The molecule has 2 N–H and O–H groups in total. The lowest BCUT2D eigenvalue weighted by Crippen LogP contribution is -1.99. The molecular weight excluding hydrogens is 268 g/mol. The molecule has 96 valence electrons. The van der Waals surface area contributed by atoms with E-state index in [0.717, 1.165) is 32.4 Å². The molecule has 0 aliphatic rings. The van der Waals surface area contributed by atoms with Gasteiger partial charge < -0.3 is 10.5 Å². The van der Waals surface area contributed by atoms with E-state index in [4.69, 9.17) is 5.73 Å². The molecule has 0 atom stereocenters. The van der Waals surface area contributed by atoms with Gasteiger partial charge in [-0.05, 0) is 24.6 Å². The number of methoxy groups -OCH3 is 1. The largest absolute Gasteiger partial charge is 0.469 e. The van der Waals surface area contributed by atoms with E-state index in [-0.39, 0.29) is 5.97 Å². The first kappa shape index (κ1) is 13.2. The molecule has 1 aromatic heterocycles. The number of nitrogens with two attached hydrogens (primary N) is 1. The van der Waals surface area contributed by atoms with Gasteiger partial charge in [-0.15, -0.1) is 11.3 Å². The predicted molar refractivity (Wildman–Crippen MR) is 76.0 cm³/mol. The van der Waals surface area contributed by atoms with Crippen molar-refractivity contribution in [3.05, 3.63) is 18.2 Å². The van der Waals surface area contributed by atoms with Crippen LogP contribution in [0.25, 0.3) is 10.2 Å². The Balaban J connectivity index is 1.90. The van der Waals surface area contributed by atoms with Gasteiger partial charge in [0.15, 0.2) is 4.34 Å². The van der Waals surface area contributed by atoms with Gasteiger partial charge in [0.05, 0.1) is 17.3 Å². The molecule has 0 amide bonds. The van der Waals surface area contributed by atoms with Gasteiger partial charge in [-0.1, -0.05) is 11.8 Å². The third-order valence-corrected chi connectivity index (χ3v) is 4.62. The lowest BCUT2D eigenvalue weighted by molar-refractivity contribution is -0.140. The first-order chi connectivity index (χ1) is 8.69. The molecular formula is C12H14N2O2S2. The third-order valence-electron chi connectivity index (χ3n) is 2.37. The van der Waals surface area contributed by atoms with Gasteiger partial charge in [-0.25, -0.2) is 4.98 Å². The molecule has 1 heterocycles. The van der Waals surface area contributed by atoms with Crippen LogP contribution in [0.3, 0.4) is 0 Å². The molecule has 4 nitrogen and oxygen atoms in total. The SMILES string of the molecule is COC(=O)CCCSc1nc2ccc(N)cc2s1. The Morgan fingerprint density at radius 3 is 3.17 bits per heavy atom. The zero-order valence-corrected chi connectivity index (χ0v) is 11.6. The van der Waals surface area contributed by atoms with Crippen LogP contribution in [-0.4, -0.2) is 23.8 Å². The zero-order chi connectivity index (χ0) is 13.0. The number of nitrogens with zero attached hydrogens (tertiary/aromatic N) is 1. The van der Waals surface area contributed by atoms with Crippen LogP contribution in [-0.2, 0) is 9.53 Å². The summed E-state index contributed by atoms with van der Waals surface area (Å²) in [7, 11) is 1.41. The normalized spacial score (nSPS) is 10.7. The number of hydrogen-bond acceptors (Lipinski definition) is 6. The topological polar surface area (TPSA) is 65.2 Å². The molecule has 0 saturated carbocycles. The number of carbonyl (C=O) groups excluding carboxylic acids is 1. The summed E-state index contributed by atoms with van der Waals surface area (Å²) in [5.74, 6) is 0.706. The summed E-state index contributed by atoms with van der Waals surface area (Å²) in [6, 6.07) is 5.72. The minimum absolute atomic E-state index is 0.160. The number of anilines is 1. The summed E-state index contributed by atoms with van der Waals surface area (Å²) in [4.78, 5) is 15.4. The molecule has 0 unspecified atom stereocenters. The van der Waals surface area contributed by atoms with Crippen LogP contribution < -0.4 is 5.73 Å². The number of hydrogen-bond donors (Lipinski definition) is 1. The van der Waals surface area contributed by atoms with E-state index in [1.54, 1.807) is 23.1 Å². The van der Waals surface area contributed by atoms with E-state index in [9.17, 15) is 4.79 Å². The average molecular weight is 282 g/mol. The maximum Gasteiger partial charge on any atom is 0.305 e. The van der Waals surface area contributed by atoms with Crippen molar-refractivity contribution >= 4 is 45.0 Å². The number of thiazole rings is 1. The van der Waals surface area contributed by atoms with Crippen LogP contribution in [0.15, 0.2) is 22.5 Å². The van der Waals surface area contributed by atoms with E-state index in [1.165, 1.54) is 7.11 Å². The van der Waals surface area contributed by atoms with Gasteiger partial charge >= 0.3 is 5.97 Å². The van der Waals surface area contributed by atoms with Gasteiger partial charge in [-0.3, -0.25) is 4.79 Å². The first-order valence-corrected chi connectivity index (χ1v) is 7.35. The maximum absolute atomic E-state index is 10.9. The van der Waals surface area contributed by atoms with E-state index in [0.29, 0.717) is 6.42 Å². The lowest BCUT2D eigenvalue weighted by Gasteiger charge is -1.97. The Kier molecular flexibility index (Phi) is 4.43. The number of carbonyl (C=O) groups is 1. The highest BCUT2D eigenvalue weighted by atomic mass is 32.2. The number of esters is 1. The fourth-order valence-electron chi connectivity index (χ4n) is 1.46. The summed E-state index contributed by atoms with van der Waals surface area (Å²) in [6.07, 6.45) is 1.26. The highest BCUT2D eigenvalue weighted by molar-refractivity contribution is 8.01. The summed E-state index contributed by atoms with van der Waals surface area (Å²) in [5, 5.41) is 0. The Morgan fingerprint density at radius 2 is 2.39 bits per heavy atom. The van der Waals surface area contributed by atoms with Crippen molar-refractivity contribution in [1.29, 1.82) is 0 Å². The highest BCUT2D eigenvalue weighted by Gasteiger charge is 2.05. The van der Waals surface area contributed by atoms with Gasteiger partial charge in [0, 0.05) is 17.9 Å². The second-order valence-corrected chi connectivity index (χ2v) is 6.11. The van der Waals surface area contributed by atoms with E-state index in [1.807, 2.05) is 18.2 Å². The van der Waals surface area contributed by atoms with Crippen LogP contribution in [0, 0.1) is 0 Å². The smallest absolute Gasteiger partial charge is 0.305 e. The number of benzene rings is 1. The van der Waals surface area contributed by atoms with Crippen molar-refractivity contribution in [1.82, 2.24) is 4.98 Å². The summed E-state index contributed by atoms with van der Waals surface area (Å²) in [5.41, 5.74) is 7.46.